The maximum atomic E-state index is 12.3. The summed E-state index contributed by atoms with van der Waals surface area (Å²) in [6, 6.07) is 12.0. The van der Waals surface area contributed by atoms with E-state index in [0.29, 0.717) is 18.9 Å². The van der Waals surface area contributed by atoms with Crippen LogP contribution in [0.25, 0.3) is 0 Å². The largest absolute Gasteiger partial charge is 0.467 e. The summed E-state index contributed by atoms with van der Waals surface area (Å²) in [5.74, 6) is 0.432. The molecule has 2 aromatic rings. The van der Waals surface area contributed by atoms with E-state index in [1.54, 1.807) is 17.2 Å². The Labute approximate surface area is 134 Å². The van der Waals surface area contributed by atoms with Crippen molar-refractivity contribution in [1.29, 1.82) is 0 Å². The Kier molecular flexibility index (Phi) is 4.56. The van der Waals surface area contributed by atoms with Gasteiger partial charge in [-0.15, -0.1) is 0 Å². The average molecular weight is 313 g/mol. The fraction of sp³-hybridized carbons (Fsp3) is 0.312. The summed E-state index contributed by atoms with van der Waals surface area (Å²) < 4.78 is 4.95. The van der Waals surface area contributed by atoms with Crippen LogP contribution in [0.5, 0.6) is 6.01 Å². The van der Waals surface area contributed by atoms with Crippen LogP contribution in [0.3, 0.4) is 0 Å². The Morgan fingerprint density at radius 2 is 2.13 bits per heavy atom. The average Bonchev–Trinajstić information content (AvgIpc) is 3.04. The second kappa shape index (κ2) is 6.95. The van der Waals surface area contributed by atoms with Gasteiger partial charge < -0.3 is 15.0 Å². The summed E-state index contributed by atoms with van der Waals surface area (Å²) >= 11 is 0. The Morgan fingerprint density at radius 1 is 1.30 bits per heavy atom. The number of nitrogens with zero attached hydrogens (tertiary/aromatic N) is 3. The number of methoxy groups -OCH3 is 1. The van der Waals surface area contributed by atoms with Gasteiger partial charge >= 0.3 is 12.0 Å². The number of anilines is 2. The van der Waals surface area contributed by atoms with E-state index in [0.717, 1.165) is 12.1 Å². The number of hydrogen-bond acceptors (Lipinski definition) is 5. The second-order valence-corrected chi connectivity index (χ2v) is 5.30. The minimum Gasteiger partial charge on any atom is -0.467 e. The lowest BCUT2D eigenvalue weighted by atomic mass is 10.2. The van der Waals surface area contributed by atoms with Crippen LogP contribution in [0, 0.1) is 0 Å². The van der Waals surface area contributed by atoms with Crippen molar-refractivity contribution >= 4 is 17.5 Å². The molecule has 0 spiro atoms. The molecule has 0 radical (unpaired) electrons. The van der Waals surface area contributed by atoms with Crippen LogP contribution in [0.2, 0.25) is 0 Å². The first-order valence-electron chi connectivity index (χ1n) is 7.49. The summed E-state index contributed by atoms with van der Waals surface area (Å²) in [5, 5.41) is 6.21. The minimum atomic E-state index is -0.164. The lowest BCUT2D eigenvalue weighted by molar-refractivity contribution is 0.222. The van der Waals surface area contributed by atoms with E-state index in [9.17, 15) is 4.79 Å². The molecule has 3 rings (SSSR count). The van der Waals surface area contributed by atoms with Crippen LogP contribution in [0.15, 0.2) is 42.6 Å². The summed E-state index contributed by atoms with van der Waals surface area (Å²) in [7, 11) is 1.49. The van der Waals surface area contributed by atoms with Gasteiger partial charge in [0.25, 0.3) is 0 Å². The van der Waals surface area contributed by atoms with Crippen molar-refractivity contribution in [3.05, 3.63) is 42.6 Å². The van der Waals surface area contributed by atoms with Gasteiger partial charge in [-0.3, -0.25) is 5.32 Å². The molecule has 0 bridgehead atoms. The van der Waals surface area contributed by atoms with E-state index in [4.69, 9.17) is 4.74 Å². The Bertz CT molecular complexity index is 665. The van der Waals surface area contributed by atoms with Crippen LogP contribution >= 0.6 is 0 Å². The standard InChI is InChI=1S/C16H19N5O2/c1-23-15-17-9-7-14(19-15)20-16(22)21-10-8-13(11-21)18-12-5-3-2-4-6-12/h2-7,9,13,18H,8,10-11H2,1H3,(H,17,19,20,22)/t13-/m0/s1. The monoisotopic (exact) mass is 313 g/mol. The number of para-hydroxylation sites is 1. The van der Waals surface area contributed by atoms with Crippen molar-refractivity contribution in [1.82, 2.24) is 14.9 Å². The molecular weight excluding hydrogens is 294 g/mol. The molecule has 7 nitrogen and oxygen atoms in total. The highest BCUT2D eigenvalue weighted by molar-refractivity contribution is 5.88. The Morgan fingerprint density at radius 3 is 2.91 bits per heavy atom. The van der Waals surface area contributed by atoms with Crippen molar-refractivity contribution < 1.29 is 9.53 Å². The third-order valence-electron chi connectivity index (χ3n) is 3.67. The molecule has 7 heteroatoms. The predicted molar refractivity (Wildman–Crippen MR) is 87.6 cm³/mol. The maximum Gasteiger partial charge on any atom is 0.323 e. The molecule has 1 aliphatic heterocycles. The number of carbonyl (C=O) groups excluding carboxylic acids is 1. The third kappa shape index (κ3) is 3.88. The molecule has 1 aliphatic rings. The van der Waals surface area contributed by atoms with E-state index < -0.39 is 0 Å². The lowest BCUT2D eigenvalue weighted by Gasteiger charge is -2.18. The number of ether oxygens (including phenoxy) is 1. The molecule has 23 heavy (non-hydrogen) atoms. The zero-order valence-corrected chi connectivity index (χ0v) is 12.9. The number of nitrogens with one attached hydrogen (secondary N) is 2. The highest BCUT2D eigenvalue weighted by Crippen LogP contribution is 2.17. The number of urea groups is 1. The summed E-state index contributed by atoms with van der Waals surface area (Å²) in [5.41, 5.74) is 1.07. The zero-order chi connectivity index (χ0) is 16.1. The van der Waals surface area contributed by atoms with Gasteiger partial charge in [0.1, 0.15) is 5.82 Å². The molecule has 2 N–H and O–H groups in total. The second-order valence-electron chi connectivity index (χ2n) is 5.30. The Balaban J connectivity index is 1.55. The SMILES string of the molecule is COc1nccc(NC(=O)N2CC[C@H](Nc3ccccc3)C2)n1. The summed E-state index contributed by atoms with van der Waals surface area (Å²) in [6.07, 6.45) is 2.46. The van der Waals surface area contributed by atoms with Crippen molar-refractivity contribution in [2.45, 2.75) is 12.5 Å². The van der Waals surface area contributed by atoms with E-state index in [-0.39, 0.29) is 18.1 Å². The first-order valence-corrected chi connectivity index (χ1v) is 7.49. The molecule has 120 valence electrons. The maximum absolute atomic E-state index is 12.3. The zero-order valence-electron chi connectivity index (χ0n) is 12.9. The first kappa shape index (κ1) is 15.1. The van der Waals surface area contributed by atoms with Gasteiger partial charge in [0.15, 0.2) is 0 Å². The fourth-order valence-corrected chi connectivity index (χ4v) is 2.53. The minimum absolute atomic E-state index is 0.164. The van der Waals surface area contributed by atoms with Gasteiger partial charge in [0, 0.05) is 31.0 Å². The van der Waals surface area contributed by atoms with E-state index in [1.807, 2.05) is 30.3 Å². The molecule has 2 heterocycles. The van der Waals surface area contributed by atoms with Gasteiger partial charge in [-0.05, 0) is 24.6 Å². The lowest BCUT2D eigenvalue weighted by Crippen LogP contribution is -2.35. The molecular formula is C16H19N5O2. The quantitative estimate of drug-likeness (QED) is 0.904. The van der Waals surface area contributed by atoms with Gasteiger partial charge in [-0.2, -0.15) is 4.98 Å². The molecule has 0 saturated carbocycles. The first-order chi connectivity index (χ1) is 11.2. The summed E-state index contributed by atoms with van der Waals surface area (Å²) in [6.45, 7) is 1.36. The van der Waals surface area contributed by atoms with E-state index >= 15 is 0 Å². The van der Waals surface area contributed by atoms with E-state index in [1.165, 1.54) is 7.11 Å². The fourth-order valence-electron chi connectivity index (χ4n) is 2.53. The van der Waals surface area contributed by atoms with Crippen molar-refractivity contribution in [2.75, 3.05) is 30.8 Å². The van der Waals surface area contributed by atoms with Crippen molar-refractivity contribution in [2.24, 2.45) is 0 Å². The van der Waals surface area contributed by atoms with Gasteiger partial charge in [-0.25, -0.2) is 9.78 Å². The predicted octanol–water partition coefficient (Wildman–Crippen LogP) is 2.20. The van der Waals surface area contributed by atoms with Gasteiger partial charge in [-0.1, -0.05) is 18.2 Å². The van der Waals surface area contributed by atoms with E-state index in [2.05, 4.69) is 20.6 Å². The molecule has 1 atom stereocenters. The number of likely N-dealkylation sites (tertiary alicyclic amines) is 1. The molecule has 1 saturated heterocycles. The summed E-state index contributed by atoms with van der Waals surface area (Å²) in [4.78, 5) is 22.1. The van der Waals surface area contributed by atoms with Gasteiger partial charge in [0.2, 0.25) is 0 Å². The molecule has 2 amide bonds. The van der Waals surface area contributed by atoms with Crippen molar-refractivity contribution in [3.63, 3.8) is 0 Å². The number of carbonyl (C=O) groups is 1. The number of aromatic nitrogens is 2. The van der Waals surface area contributed by atoms with Crippen LogP contribution in [0.1, 0.15) is 6.42 Å². The number of rotatable bonds is 4. The molecule has 0 aliphatic carbocycles. The van der Waals surface area contributed by atoms with Crippen LogP contribution in [-0.4, -0.2) is 47.1 Å². The van der Waals surface area contributed by atoms with Crippen LogP contribution < -0.4 is 15.4 Å². The van der Waals surface area contributed by atoms with Crippen LogP contribution in [-0.2, 0) is 0 Å². The number of amides is 2. The number of benzene rings is 1. The van der Waals surface area contributed by atoms with Gasteiger partial charge in [0.05, 0.1) is 7.11 Å². The topological polar surface area (TPSA) is 79.4 Å². The number of hydrogen-bond donors (Lipinski definition) is 2. The highest BCUT2D eigenvalue weighted by Gasteiger charge is 2.26. The molecule has 1 aromatic carbocycles. The third-order valence-corrected chi connectivity index (χ3v) is 3.67. The smallest absolute Gasteiger partial charge is 0.323 e. The molecule has 0 unspecified atom stereocenters. The molecule has 1 fully saturated rings. The molecule has 1 aromatic heterocycles. The highest BCUT2D eigenvalue weighted by atomic mass is 16.5. The van der Waals surface area contributed by atoms with Crippen LogP contribution in [0.4, 0.5) is 16.3 Å². The normalized spacial score (nSPS) is 16.9. The Hall–Kier alpha value is -2.83. The van der Waals surface area contributed by atoms with Crippen molar-refractivity contribution in [3.8, 4) is 6.01 Å².